The lowest BCUT2D eigenvalue weighted by molar-refractivity contribution is 0.122. The smallest absolute Gasteiger partial charge is 0.0763 e. The van der Waals surface area contributed by atoms with Gasteiger partial charge in [0.25, 0.3) is 0 Å². The van der Waals surface area contributed by atoms with Gasteiger partial charge in [0, 0.05) is 24.5 Å². The monoisotopic (exact) mass is 216 g/mol. The van der Waals surface area contributed by atoms with Gasteiger partial charge in [-0.25, -0.2) is 0 Å². The van der Waals surface area contributed by atoms with Crippen LogP contribution in [0.4, 0.5) is 11.4 Å². The van der Waals surface area contributed by atoms with Crippen molar-refractivity contribution in [3.8, 4) is 12.3 Å². The van der Waals surface area contributed by atoms with Crippen LogP contribution < -0.4 is 10.2 Å². The average molecular weight is 216 g/mol. The van der Waals surface area contributed by atoms with E-state index in [1.54, 1.807) is 0 Å². The molecule has 1 saturated heterocycles. The van der Waals surface area contributed by atoms with Crippen LogP contribution in [0.3, 0.4) is 0 Å². The van der Waals surface area contributed by atoms with Gasteiger partial charge >= 0.3 is 0 Å². The number of nitrogens with one attached hydrogen (secondary N) is 1. The fourth-order valence-electron chi connectivity index (χ4n) is 1.76. The molecule has 3 heteroatoms. The number of morpholine rings is 1. The number of benzene rings is 1. The molecule has 1 aromatic carbocycles. The van der Waals surface area contributed by atoms with Crippen molar-refractivity contribution in [1.29, 1.82) is 0 Å². The predicted molar refractivity (Wildman–Crippen MR) is 66.8 cm³/mol. The molecule has 1 aromatic rings. The van der Waals surface area contributed by atoms with Crippen molar-refractivity contribution in [3.05, 3.63) is 24.3 Å². The first-order valence-electron chi connectivity index (χ1n) is 5.50. The van der Waals surface area contributed by atoms with E-state index >= 15 is 0 Å². The Hall–Kier alpha value is -1.66. The third-order valence-corrected chi connectivity index (χ3v) is 2.64. The topological polar surface area (TPSA) is 24.5 Å². The standard InChI is InChI=1S/C13H16N2O/c1-2-7-14-12-3-5-13(6-4-12)15-8-10-16-11-9-15/h1,3-6,14H,7-11H2. The first kappa shape index (κ1) is 10.8. The van der Waals surface area contributed by atoms with Crippen molar-refractivity contribution in [2.45, 2.75) is 0 Å². The van der Waals surface area contributed by atoms with E-state index in [1.165, 1.54) is 5.69 Å². The quantitative estimate of drug-likeness (QED) is 0.776. The van der Waals surface area contributed by atoms with E-state index in [0.717, 1.165) is 32.0 Å². The fraction of sp³-hybridized carbons (Fsp3) is 0.385. The Labute approximate surface area is 96.4 Å². The van der Waals surface area contributed by atoms with E-state index in [4.69, 9.17) is 11.2 Å². The van der Waals surface area contributed by atoms with Crippen LogP contribution in [0.5, 0.6) is 0 Å². The number of terminal acetylenes is 1. The Morgan fingerprint density at radius 1 is 1.25 bits per heavy atom. The SMILES string of the molecule is C#CCNc1ccc(N2CCOCC2)cc1. The minimum absolute atomic E-state index is 0.566. The Kier molecular flexibility index (Phi) is 3.68. The average Bonchev–Trinajstić information content (AvgIpc) is 2.38. The Bertz CT molecular complexity index is 361. The summed E-state index contributed by atoms with van der Waals surface area (Å²) in [4.78, 5) is 2.33. The van der Waals surface area contributed by atoms with Crippen LogP contribution in [-0.4, -0.2) is 32.8 Å². The number of hydrogen-bond donors (Lipinski definition) is 1. The number of hydrogen-bond acceptors (Lipinski definition) is 3. The van der Waals surface area contributed by atoms with Crippen LogP contribution in [-0.2, 0) is 4.74 Å². The molecule has 1 aliphatic rings. The van der Waals surface area contributed by atoms with E-state index in [1.807, 2.05) is 0 Å². The van der Waals surface area contributed by atoms with Gasteiger partial charge in [-0.15, -0.1) is 6.42 Å². The molecular formula is C13H16N2O. The summed E-state index contributed by atoms with van der Waals surface area (Å²) in [6.07, 6.45) is 5.19. The Balaban J connectivity index is 1.98. The molecule has 1 aliphatic heterocycles. The first-order valence-corrected chi connectivity index (χ1v) is 5.50. The molecule has 3 nitrogen and oxygen atoms in total. The summed E-state index contributed by atoms with van der Waals surface area (Å²) in [6, 6.07) is 8.35. The van der Waals surface area contributed by atoms with Crippen LogP contribution in [0.2, 0.25) is 0 Å². The molecule has 84 valence electrons. The Morgan fingerprint density at radius 3 is 2.56 bits per heavy atom. The van der Waals surface area contributed by atoms with E-state index in [-0.39, 0.29) is 0 Å². The molecule has 2 rings (SSSR count). The minimum Gasteiger partial charge on any atom is -0.378 e. The highest BCUT2D eigenvalue weighted by Gasteiger charge is 2.10. The molecule has 0 aromatic heterocycles. The number of ether oxygens (including phenoxy) is 1. The van der Waals surface area contributed by atoms with E-state index < -0.39 is 0 Å². The zero-order chi connectivity index (χ0) is 11.2. The zero-order valence-electron chi connectivity index (χ0n) is 9.28. The van der Waals surface area contributed by atoms with E-state index in [0.29, 0.717) is 6.54 Å². The van der Waals surface area contributed by atoms with Crippen LogP contribution in [0, 0.1) is 12.3 Å². The molecule has 1 N–H and O–H groups in total. The molecule has 16 heavy (non-hydrogen) atoms. The minimum atomic E-state index is 0.566. The second kappa shape index (κ2) is 5.43. The third kappa shape index (κ3) is 2.68. The summed E-state index contributed by atoms with van der Waals surface area (Å²) in [7, 11) is 0. The lowest BCUT2D eigenvalue weighted by Crippen LogP contribution is -2.36. The molecule has 0 amide bonds. The van der Waals surface area contributed by atoms with Crippen LogP contribution in [0.1, 0.15) is 0 Å². The summed E-state index contributed by atoms with van der Waals surface area (Å²) in [5.41, 5.74) is 2.31. The second-order valence-electron chi connectivity index (χ2n) is 3.70. The summed E-state index contributed by atoms with van der Waals surface area (Å²) < 4.78 is 5.32. The number of nitrogens with zero attached hydrogens (tertiary/aromatic N) is 1. The van der Waals surface area contributed by atoms with Crippen molar-refractivity contribution < 1.29 is 4.74 Å². The maximum atomic E-state index is 5.32. The van der Waals surface area contributed by atoms with Gasteiger partial charge in [-0.2, -0.15) is 0 Å². The summed E-state index contributed by atoms with van der Waals surface area (Å²) in [5.74, 6) is 2.56. The highest BCUT2D eigenvalue weighted by Crippen LogP contribution is 2.18. The normalized spacial score (nSPS) is 15.6. The third-order valence-electron chi connectivity index (χ3n) is 2.64. The molecule has 0 unspecified atom stereocenters. The van der Waals surface area contributed by atoms with Gasteiger partial charge in [-0.05, 0) is 24.3 Å². The molecular weight excluding hydrogens is 200 g/mol. The van der Waals surface area contributed by atoms with Crippen molar-refractivity contribution in [2.24, 2.45) is 0 Å². The molecule has 1 fully saturated rings. The van der Waals surface area contributed by atoms with Gasteiger partial charge in [0.1, 0.15) is 0 Å². The summed E-state index contributed by atoms with van der Waals surface area (Å²) in [6.45, 7) is 4.14. The van der Waals surface area contributed by atoms with Gasteiger partial charge < -0.3 is 15.0 Å². The fourth-order valence-corrected chi connectivity index (χ4v) is 1.76. The van der Waals surface area contributed by atoms with Gasteiger partial charge in [0.15, 0.2) is 0 Å². The molecule has 0 aliphatic carbocycles. The highest BCUT2D eigenvalue weighted by atomic mass is 16.5. The maximum Gasteiger partial charge on any atom is 0.0763 e. The van der Waals surface area contributed by atoms with Crippen LogP contribution >= 0.6 is 0 Å². The van der Waals surface area contributed by atoms with Crippen molar-refractivity contribution in [1.82, 2.24) is 0 Å². The predicted octanol–water partition coefficient (Wildman–Crippen LogP) is 1.57. The van der Waals surface area contributed by atoms with Crippen molar-refractivity contribution in [3.63, 3.8) is 0 Å². The molecule has 0 spiro atoms. The van der Waals surface area contributed by atoms with Crippen LogP contribution in [0.15, 0.2) is 24.3 Å². The van der Waals surface area contributed by atoms with E-state index in [2.05, 4.69) is 40.4 Å². The second-order valence-corrected chi connectivity index (χ2v) is 3.70. The molecule has 0 saturated carbocycles. The largest absolute Gasteiger partial charge is 0.378 e. The molecule has 0 atom stereocenters. The van der Waals surface area contributed by atoms with Gasteiger partial charge in [0.2, 0.25) is 0 Å². The Morgan fingerprint density at radius 2 is 1.94 bits per heavy atom. The lowest BCUT2D eigenvalue weighted by Gasteiger charge is -2.28. The number of rotatable bonds is 3. The summed E-state index contributed by atoms with van der Waals surface area (Å²) in [5, 5.41) is 3.15. The van der Waals surface area contributed by atoms with Crippen LogP contribution in [0.25, 0.3) is 0 Å². The maximum absolute atomic E-state index is 5.32. The molecule has 0 bridgehead atoms. The van der Waals surface area contributed by atoms with Crippen molar-refractivity contribution in [2.75, 3.05) is 43.1 Å². The van der Waals surface area contributed by atoms with Crippen molar-refractivity contribution >= 4 is 11.4 Å². The summed E-state index contributed by atoms with van der Waals surface area (Å²) >= 11 is 0. The van der Waals surface area contributed by atoms with Gasteiger partial charge in [0.05, 0.1) is 19.8 Å². The van der Waals surface area contributed by atoms with E-state index in [9.17, 15) is 0 Å². The molecule has 1 heterocycles. The highest BCUT2D eigenvalue weighted by molar-refractivity contribution is 5.55. The number of anilines is 2. The lowest BCUT2D eigenvalue weighted by atomic mass is 10.2. The molecule has 0 radical (unpaired) electrons. The van der Waals surface area contributed by atoms with Gasteiger partial charge in [-0.3, -0.25) is 0 Å². The zero-order valence-corrected chi connectivity index (χ0v) is 9.28. The van der Waals surface area contributed by atoms with Gasteiger partial charge in [-0.1, -0.05) is 5.92 Å². The first-order chi connectivity index (χ1) is 7.90.